The van der Waals surface area contributed by atoms with Gasteiger partial charge in [0.1, 0.15) is 28.9 Å². The number of nitrogens with zero attached hydrogens (tertiary/aromatic N) is 1. The van der Waals surface area contributed by atoms with E-state index in [-0.39, 0.29) is 33.1 Å². The first-order valence-corrected chi connectivity index (χ1v) is 12.3. The lowest BCUT2D eigenvalue weighted by Gasteiger charge is -2.44. The predicted octanol–water partition coefficient (Wildman–Crippen LogP) is 3.46. The number of hydrogen-bond acceptors (Lipinski definition) is 8. The van der Waals surface area contributed by atoms with E-state index in [1.165, 1.54) is 11.0 Å². The Morgan fingerprint density at radius 1 is 1.16 bits per heavy atom. The quantitative estimate of drug-likeness (QED) is 0.376. The molecule has 0 spiro atoms. The first kappa shape index (κ1) is 25.0. The Balaban J connectivity index is 1.43. The molecule has 0 bridgehead atoms. The van der Waals surface area contributed by atoms with Crippen LogP contribution in [0.3, 0.4) is 0 Å². The third kappa shape index (κ3) is 4.30. The maximum Gasteiger partial charge on any atom is 0.326 e. The molecule has 0 saturated carbocycles. The standard InChI is InChI=1S/C26H26ClN3O7/c1-13-8-9-17(37-13)23(26(2)11-36-12-26)29-20-19(21(31)22(20)32)28-15-6-3-5-14(18(15)27)24(33)30-10-4-7-16(30)25(34)35/h3,5-6,8-9,16,23,28-29H,4,7,10-12H2,1-2H3,(H,34,35)/t16-,23?/m0/s1. The van der Waals surface area contributed by atoms with Gasteiger partial charge in [-0.3, -0.25) is 14.4 Å². The first-order valence-electron chi connectivity index (χ1n) is 11.9. The van der Waals surface area contributed by atoms with Crippen LogP contribution in [0, 0.1) is 12.3 Å². The molecular formula is C26H26ClN3O7. The molecule has 0 radical (unpaired) electrons. The monoisotopic (exact) mass is 527 g/mol. The normalized spacial score (nSPS) is 19.4. The third-order valence-corrected chi connectivity index (χ3v) is 7.50. The minimum absolute atomic E-state index is 0.0261. The number of carboxylic acid groups (broad SMARTS) is 1. The second kappa shape index (κ2) is 9.35. The molecule has 1 amide bonds. The number of anilines is 3. The van der Waals surface area contributed by atoms with Gasteiger partial charge in [0.2, 0.25) is 0 Å². The van der Waals surface area contributed by atoms with Crippen molar-refractivity contribution in [3.63, 3.8) is 0 Å². The fourth-order valence-electron chi connectivity index (χ4n) is 4.93. The summed E-state index contributed by atoms with van der Waals surface area (Å²) in [6, 6.07) is 6.96. The number of carbonyl (C=O) groups is 2. The van der Waals surface area contributed by atoms with Crippen LogP contribution in [-0.2, 0) is 9.53 Å². The topological polar surface area (TPSA) is 138 Å². The molecule has 2 saturated heterocycles. The Bertz CT molecular complexity index is 1450. The predicted molar refractivity (Wildman–Crippen MR) is 137 cm³/mol. The van der Waals surface area contributed by atoms with Crippen molar-refractivity contribution >= 4 is 40.5 Å². The molecule has 11 heteroatoms. The molecule has 2 atom stereocenters. The van der Waals surface area contributed by atoms with Gasteiger partial charge in [-0.25, -0.2) is 4.79 Å². The van der Waals surface area contributed by atoms with E-state index in [1.54, 1.807) is 12.1 Å². The van der Waals surface area contributed by atoms with Crippen LogP contribution >= 0.6 is 11.6 Å². The summed E-state index contributed by atoms with van der Waals surface area (Å²) in [6.45, 7) is 5.03. The highest BCUT2D eigenvalue weighted by molar-refractivity contribution is 6.36. The molecule has 10 nitrogen and oxygen atoms in total. The summed E-state index contributed by atoms with van der Waals surface area (Å²) >= 11 is 6.55. The summed E-state index contributed by atoms with van der Waals surface area (Å²) in [7, 11) is 0. The van der Waals surface area contributed by atoms with E-state index in [0.29, 0.717) is 44.1 Å². The number of aliphatic carboxylic acids is 1. The SMILES string of the molecule is Cc1ccc(C(Nc2c(Nc3cccc(C(=O)N4CCC[C@H]4C(=O)O)c3Cl)c(=O)c2=O)C2(C)COC2)o1. The minimum atomic E-state index is -1.07. The summed E-state index contributed by atoms with van der Waals surface area (Å²) < 4.78 is 11.2. The van der Waals surface area contributed by atoms with Crippen LogP contribution in [0.15, 0.2) is 44.3 Å². The van der Waals surface area contributed by atoms with Crippen molar-refractivity contribution in [2.75, 3.05) is 30.4 Å². The van der Waals surface area contributed by atoms with Gasteiger partial charge in [-0.05, 0) is 44.0 Å². The largest absolute Gasteiger partial charge is 0.480 e. The lowest BCUT2D eigenvalue weighted by atomic mass is 9.79. The molecule has 5 rings (SSSR count). The van der Waals surface area contributed by atoms with E-state index in [0.717, 1.165) is 0 Å². The summed E-state index contributed by atoms with van der Waals surface area (Å²) in [6.07, 6.45) is 0.951. The van der Waals surface area contributed by atoms with Crippen LogP contribution in [0.25, 0.3) is 0 Å². The average Bonchev–Trinajstić information content (AvgIpc) is 3.52. The highest BCUT2D eigenvalue weighted by Crippen LogP contribution is 2.43. The lowest BCUT2D eigenvalue weighted by molar-refractivity contribution is -0.141. The molecule has 0 aliphatic carbocycles. The highest BCUT2D eigenvalue weighted by atomic mass is 35.5. The van der Waals surface area contributed by atoms with E-state index >= 15 is 0 Å². The first-order chi connectivity index (χ1) is 17.6. The van der Waals surface area contributed by atoms with Crippen molar-refractivity contribution in [1.82, 2.24) is 4.90 Å². The van der Waals surface area contributed by atoms with Gasteiger partial charge in [-0.15, -0.1) is 0 Å². The number of aryl methyl sites for hydroxylation is 1. The second-order valence-electron chi connectivity index (χ2n) is 9.87. The number of carboxylic acids is 1. The summed E-state index contributed by atoms with van der Waals surface area (Å²) in [4.78, 5) is 51.1. The van der Waals surface area contributed by atoms with Crippen molar-refractivity contribution in [2.24, 2.45) is 5.41 Å². The average molecular weight is 528 g/mol. The maximum absolute atomic E-state index is 13.1. The van der Waals surface area contributed by atoms with Gasteiger partial charge in [0.15, 0.2) is 0 Å². The van der Waals surface area contributed by atoms with Crippen LogP contribution in [0.4, 0.5) is 17.1 Å². The Hall–Kier alpha value is -3.63. The smallest absolute Gasteiger partial charge is 0.326 e. The summed E-state index contributed by atoms with van der Waals surface area (Å²) in [5.41, 5.74) is -1.28. The molecule has 2 fully saturated rings. The van der Waals surface area contributed by atoms with Crippen LogP contribution in [0.1, 0.15) is 47.7 Å². The molecule has 2 aliphatic rings. The second-order valence-corrected chi connectivity index (χ2v) is 10.2. The van der Waals surface area contributed by atoms with Gasteiger partial charge in [-0.1, -0.05) is 24.6 Å². The molecule has 2 aliphatic heterocycles. The van der Waals surface area contributed by atoms with Gasteiger partial charge >= 0.3 is 5.97 Å². The number of amides is 1. The number of likely N-dealkylation sites (tertiary alicyclic amines) is 1. The number of furan rings is 1. The molecular weight excluding hydrogens is 502 g/mol. The molecule has 37 heavy (non-hydrogen) atoms. The Kier molecular flexibility index (Phi) is 6.33. The molecule has 1 aromatic heterocycles. The van der Waals surface area contributed by atoms with Crippen molar-refractivity contribution in [3.8, 4) is 0 Å². The maximum atomic E-state index is 13.1. The van der Waals surface area contributed by atoms with E-state index in [4.69, 9.17) is 20.8 Å². The minimum Gasteiger partial charge on any atom is -0.480 e. The number of halogens is 1. The number of nitrogens with one attached hydrogen (secondary N) is 2. The van der Waals surface area contributed by atoms with Crippen molar-refractivity contribution < 1.29 is 23.8 Å². The number of benzene rings is 1. The van der Waals surface area contributed by atoms with Crippen molar-refractivity contribution in [3.05, 3.63) is 72.9 Å². The summed E-state index contributed by atoms with van der Waals surface area (Å²) in [5.74, 6) is -0.243. The van der Waals surface area contributed by atoms with Crippen molar-refractivity contribution in [1.29, 1.82) is 0 Å². The van der Waals surface area contributed by atoms with Gasteiger partial charge in [0, 0.05) is 12.0 Å². The van der Waals surface area contributed by atoms with E-state index in [9.17, 15) is 24.3 Å². The Morgan fingerprint density at radius 2 is 1.89 bits per heavy atom. The zero-order valence-corrected chi connectivity index (χ0v) is 21.1. The van der Waals surface area contributed by atoms with E-state index in [2.05, 4.69) is 10.6 Å². The molecule has 2 aromatic carbocycles. The Morgan fingerprint density at radius 3 is 2.51 bits per heavy atom. The molecule has 3 aromatic rings. The third-order valence-electron chi connectivity index (χ3n) is 7.09. The Labute approximate surface area is 216 Å². The van der Waals surface area contributed by atoms with Gasteiger partial charge in [0.05, 0.1) is 35.5 Å². The highest BCUT2D eigenvalue weighted by Gasteiger charge is 2.45. The van der Waals surface area contributed by atoms with Crippen LogP contribution in [0.5, 0.6) is 0 Å². The van der Waals surface area contributed by atoms with Gasteiger partial charge < -0.3 is 29.8 Å². The van der Waals surface area contributed by atoms with Crippen LogP contribution in [0.2, 0.25) is 5.02 Å². The number of hydrogen-bond donors (Lipinski definition) is 3. The van der Waals surface area contributed by atoms with Gasteiger partial charge in [0.25, 0.3) is 16.8 Å². The molecule has 194 valence electrons. The van der Waals surface area contributed by atoms with Crippen LogP contribution < -0.4 is 21.5 Å². The number of rotatable bonds is 8. The molecule has 1 unspecified atom stereocenters. The lowest BCUT2D eigenvalue weighted by Crippen LogP contribution is -2.49. The van der Waals surface area contributed by atoms with Crippen molar-refractivity contribution in [2.45, 2.75) is 38.8 Å². The van der Waals surface area contributed by atoms with Crippen LogP contribution in [-0.4, -0.2) is 47.7 Å². The molecule has 3 N–H and O–H groups in total. The number of carbonyl (C=O) groups excluding carboxylic acids is 1. The van der Waals surface area contributed by atoms with E-state index < -0.39 is 34.8 Å². The molecule has 3 heterocycles. The van der Waals surface area contributed by atoms with Gasteiger partial charge in [-0.2, -0.15) is 0 Å². The van der Waals surface area contributed by atoms with E-state index in [1.807, 2.05) is 26.0 Å². The summed E-state index contributed by atoms with van der Waals surface area (Å²) in [5, 5.41) is 15.6. The zero-order chi connectivity index (χ0) is 26.5. The zero-order valence-electron chi connectivity index (χ0n) is 20.3. The number of ether oxygens (including phenoxy) is 1. The fourth-order valence-corrected chi connectivity index (χ4v) is 5.18. The fraction of sp³-hybridized carbons (Fsp3) is 0.385.